The summed E-state index contributed by atoms with van der Waals surface area (Å²) >= 11 is 0. The second-order valence-corrected chi connectivity index (χ2v) is 4.84. The standard InChI is InChI=1S/C16H21N5O2/c1-4-18-16(22)20-12-8-6-11(7-9-12)15-19-10(3)13(23-5-2)14(17)21-15/h6-9H,4-5H2,1-3H3,(H2,17,19,21)(H2,18,20,22). The largest absolute Gasteiger partial charge is 0.488 e. The first-order chi connectivity index (χ1) is 11.0. The molecule has 2 amide bonds. The minimum atomic E-state index is -0.238. The molecule has 0 spiro atoms. The Bertz CT molecular complexity index is 662. The van der Waals surface area contributed by atoms with Gasteiger partial charge in [-0.15, -0.1) is 0 Å². The van der Waals surface area contributed by atoms with Crippen LogP contribution in [0.1, 0.15) is 19.5 Å². The fourth-order valence-corrected chi connectivity index (χ4v) is 2.08. The van der Waals surface area contributed by atoms with Crippen molar-refractivity contribution in [1.82, 2.24) is 15.3 Å². The lowest BCUT2D eigenvalue weighted by Crippen LogP contribution is -2.28. The van der Waals surface area contributed by atoms with E-state index in [0.29, 0.717) is 41.9 Å². The summed E-state index contributed by atoms with van der Waals surface area (Å²) in [6.07, 6.45) is 0. The Balaban J connectivity index is 2.21. The normalized spacial score (nSPS) is 10.2. The Morgan fingerprint density at radius 1 is 1.22 bits per heavy atom. The van der Waals surface area contributed by atoms with Crippen LogP contribution < -0.4 is 21.1 Å². The number of urea groups is 1. The molecule has 0 saturated carbocycles. The summed E-state index contributed by atoms with van der Waals surface area (Å²) in [7, 11) is 0. The lowest BCUT2D eigenvalue weighted by molar-refractivity contribution is 0.252. The van der Waals surface area contributed by atoms with Gasteiger partial charge in [0.1, 0.15) is 0 Å². The highest BCUT2D eigenvalue weighted by atomic mass is 16.5. The molecule has 0 aliphatic heterocycles. The monoisotopic (exact) mass is 315 g/mol. The van der Waals surface area contributed by atoms with Gasteiger partial charge >= 0.3 is 6.03 Å². The maximum Gasteiger partial charge on any atom is 0.319 e. The number of anilines is 2. The van der Waals surface area contributed by atoms with E-state index in [1.807, 2.05) is 32.9 Å². The number of nitrogens with two attached hydrogens (primary N) is 1. The first-order valence-electron chi connectivity index (χ1n) is 7.47. The Kier molecular flexibility index (Phi) is 5.35. The van der Waals surface area contributed by atoms with Crippen molar-refractivity contribution in [2.75, 3.05) is 24.2 Å². The molecule has 0 atom stereocenters. The summed E-state index contributed by atoms with van der Waals surface area (Å²) in [5.41, 5.74) is 8.13. The second-order valence-electron chi connectivity index (χ2n) is 4.84. The van der Waals surface area contributed by atoms with Gasteiger partial charge in [0.15, 0.2) is 17.4 Å². The van der Waals surface area contributed by atoms with Gasteiger partial charge in [0, 0.05) is 17.8 Å². The number of aromatic nitrogens is 2. The molecule has 7 heteroatoms. The number of hydrogen-bond donors (Lipinski definition) is 3. The Labute approximate surface area is 135 Å². The van der Waals surface area contributed by atoms with E-state index >= 15 is 0 Å². The molecule has 7 nitrogen and oxygen atoms in total. The molecule has 4 N–H and O–H groups in total. The quantitative estimate of drug-likeness (QED) is 0.787. The predicted molar refractivity (Wildman–Crippen MR) is 90.5 cm³/mol. The number of benzene rings is 1. The van der Waals surface area contributed by atoms with Crippen molar-refractivity contribution in [3.63, 3.8) is 0 Å². The van der Waals surface area contributed by atoms with E-state index in [9.17, 15) is 4.79 Å². The van der Waals surface area contributed by atoms with Crippen LogP contribution in [0.2, 0.25) is 0 Å². The maximum atomic E-state index is 11.5. The lowest BCUT2D eigenvalue weighted by Gasteiger charge is -2.11. The molecule has 23 heavy (non-hydrogen) atoms. The summed E-state index contributed by atoms with van der Waals surface area (Å²) in [6.45, 7) is 6.65. The van der Waals surface area contributed by atoms with Crippen LogP contribution in [0, 0.1) is 6.92 Å². The highest BCUT2D eigenvalue weighted by Gasteiger charge is 2.11. The Hall–Kier alpha value is -2.83. The molecule has 2 rings (SSSR count). The van der Waals surface area contributed by atoms with Gasteiger partial charge in [-0.2, -0.15) is 0 Å². The van der Waals surface area contributed by atoms with Crippen LogP contribution in [0.15, 0.2) is 24.3 Å². The molecule has 0 unspecified atom stereocenters. The predicted octanol–water partition coefficient (Wildman–Crippen LogP) is 2.57. The summed E-state index contributed by atoms with van der Waals surface area (Å²) in [5, 5.41) is 5.40. The zero-order valence-electron chi connectivity index (χ0n) is 13.5. The molecule has 0 bridgehead atoms. The van der Waals surface area contributed by atoms with Crippen molar-refractivity contribution in [2.24, 2.45) is 0 Å². The van der Waals surface area contributed by atoms with Crippen LogP contribution in [0.5, 0.6) is 5.75 Å². The van der Waals surface area contributed by atoms with Gasteiger partial charge in [0.2, 0.25) is 0 Å². The third-order valence-electron chi connectivity index (χ3n) is 3.09. The molecule has 2 aromatic rings. The zero-order chi connectivity index (χ0) is 16.8. The van der Waals surface area contributed by atoms with Gasteiger partial charge in [-0.3, -0.25) is 0 Å². The van der Waals surface area contributed by atoms with Gasteiger partial charge in [0.25, 0.3) is 0 Å². The van der Waals surface area contributed by atoms with Crippen molar-refractivity contribution in [3.8, 4) is 17.1 Å². The van der Waals surface area contributed by atoms with Crippen LogP contribution >= 0.6 is 0 Å². The lowest BCUT2D eigenvalue weighted by atomic mass is 10.2. The molecular formula is C16H21N5O2. The number of hydrogen-bond acceptors (Lipinski definition) is 5. The molecule has 0 fully saturated rings. The molecule has 122 valence electrons. The molecule has 1 aromatic heterocycles. The fourth-order valence-electron chi connectivity index (χ4n) is 2.08. The summed E-state index contributed by atoms with van der Waals surface area (Å²) in [4.78, 5) is 20.2. The number of nitrogen functional groups attached to an aromatic ring is 1. The van der Waals surface area contributed by atoms with Crippen LogP contribution in [-0.2, 0) is 0 Å². The summed E-state index contributed by atoms with van der Waals surface area (Å²) in [5.74, 6) is 1.36. The molecule has 1 heterocycles. The average Bonchev–Trinajstić information content (AvgIpc) is 2.51. The Morgan fingerprint density at radius 2 is 1.91 bits per heavy atom. The highest BCUT2D eigenvalue weighted by Crippen LogP contribution is 2.27. The van der Waals surface area contributed by atoms with Crippen molar-refractivity contribution in [3.05, 3.63) is 30.0 Å². The van der Waals surface area contributed by atoms with Gasteiger partial charge in [-0.1, -0.05) is 0 Å². The first kappa shape index (κ1) is 16.5. The number of carbonyl (C=O) groups is 1. The first-order valence-corrected chi connectivity index (χ1v) is 7.47. The van der Waals surface area contributed by atoms with Gasteiger partial charge in [0.05, 0.1) is 12.3 Å². The summed E-state index contributed by atoms with van der Waals surface area (Å²) in [6, 6.07) is 7.00. The van der Waals surface area contributed by atoms with Crippen molar-refractivity contribution in [2.45, 2.75) is 20.8 Å². The third-order valence-corrected chi connectivity index (χ3v) is 3.09. The highest BCUT2D eigenvalue weighted by molar-refractivity contribution is 5.89. The zero-order valence-corrected chi connectivity index (χ0v) is 13.5. The molecule has 0 radical (unpaired) electrons. The number of rotatable bonds is 5. The van der Waals surface area contributed by atoms with E-state index < -0.39 is 0 Å². The smallest absolute Gasteiger partial charge is 0.319 e. The number of ether oxygens (including phenoxy) is 1. The second kappa shape index (κ2) is 7.44. The van der Waals surface area contributed by atoms with Gasteiger partial charge in [-0.25, -0.2) is 14.8 Å². The fraction of sp³-hybridized carbons (Fsp3) is 0.312. The van der Waals surface area contributed by atoms with Crippen LogP contribution in [0.25, 0.3) is 11.4 Å². The van der Waals surface area contributed by atoms with E-state index in [4.69, 9.17) is 10.5 Å². The SMILES string of the molecule is CCNC(=O)Nc1ccc(-c2nc(C)c(OCC)c(N)n2)cc1. The van der Waals surface area contributed by atoms with Crippen LogP contribution in [0.4, 0.5) is 16.3 Å². The van der Waals surface area contributed by atoms with Crippen molar-refractivity contribution in [1.29, 1.82) is 0 Å². The number of aryl methyl sites for hydroxylation is 1. The number of nitrogens with one attached hydrogen (secondary N) is 2. The van der Waals surface area contributed by atoms with E-state index in [1.165, 1.54) is 0 Å². The minimum absolute atomic E-state index is 0.238. The van der Waals surface area contributed by atoms with Gasteiger partial charge in [-0.05, 0) is 45.0 Å². The van der Waals surface area contributed by atoms with E-state index in [2.05, 4.69) is 20.6 Å². The topological polar surface area (TPSA) is 102 Å². The number of carbonyl (C=O) groups excluding carboxylic acids is 1. The van der Waals surface area contributed by atoms with Crippen LogP contribution in [-0.4, -0.2) is 29.2 Å². The maximum absolute atomic E-state index is 11.5. The minimum Gasteiger partial charge on any atom is -0.488 e. The van der Waals surface area contributed by atoms with E-state index in [0.717, 1.165) is 5.56 Å². The van der Waals surface area contributed by atoms with Crippen LogP contribution in [0.3, 0.4) is 0 Å². The Morgan fingerprint density at radius 3 is 2.48 bits per heavy atom. The summed E-state index contributed by atoms with van der Waals surface area (Å²) < 4.78 is 5.44. The van der Waals surface area contributed by atoms with E-state index in [1.54, 1.807) is 12.1 Å². The molecular weight excluding hydrogens is 294 g/mol. The molecule has 0 saturated heterocycles. The third kappa shape index (κ3) is 4.09. The molecule has 0 aliphatic carbocycles. The van der Waals surface area contributed by atoms with Crippen molar-refractivity contribution < 1.29 is 9.53 Å². The number of amides is 2. The van der Waals surface area contributed by atoms with Gasteiger partial charge < -0.3 is 21.1 Å². The van der Waals surface area contributed by atoms with E-state index in [-0.39, 0.29) is 6.03 Å². The number of nitrogens with zero attached hydrogens (tertiary/aromatic N) is 2. The average molecular weight is 315 g/mol. The van der Waals surface area contributed by atoms with Crippen molar-refractivity contribution >= 4 is 17.5 Å². The molecule has 1 aromatic carbocycles. The molecule has 0 aliphatic rings.